The first-order chi connectivity index (χ1) is 7.08. The average molecular weight is 271 g/mol. The lowest BCUT2D eigenvalue weighted by molar-refractivity contribution is 0.0397. The van der Waals surface area contributed by atoms with Crippen molar-refractivity contribution in [3.05, 3.63) is 34.3 Å². The van der Waals surface area contributed by atoms with Crippen LogP contribution in [0.1, 0.15) is 32.8 Å². The molecule has 0 heterocycles. The van der Waals surface area contributed by atoms with Crippen LogP contribution in [0.2, 0.25) is 0 Å². The van der Waals surface area contributed by atoms with E-state index in [4.69, 9.17) is 4.74 Å². The highest BCUT2D eigenvalue weighted by Crippen LogP contribution is 2.13. The molecular formula is C13H19BrO. The number of ether oxygens (including phenoxy) is 1. The van der Waals surface area contributed by atoms with E-state index in [1.165, 1.54) is 5.56 Å². The van der Waals surface area contributed by atoms with Crippen LogP contribution < -0.4 is 0 Å². The van der Waals surface area contributed by atoms with E-state index in [0.717, 1.165) is 10.9 Å². The molecule has 0 amide bonds. The second-order valence-electron chi connectivity index (χ2n) is 4.38. The summed E-state index contributed by atoms with van der Waals surface area (Å²) in [7, 11) is 0. The molecule has 0 aromatic heterocycles. The minimum Gasteiger partial charge on any atom is -0.374 e. The summed E-state index contributed by atoms with van der Waals surface area (Å²) in [6, 6.07) is 8.27. The molecule has 0 saturated heterocycles. The molecule has 1 unspecified atom stereocenters. The largest absolute Gasteiger partial charge is 0.374 e. The Morgan fingerprint density at radius 1 is 1.13 bits per heavy atom. The van der Waals surface area contributed by atoms with Crippen LogP contribution in [0.15, 0.2) is 28.7 Å². The normalized spacial score (nSPS) is 13.1. The van der Waals surface area contributed by atoms with Crippen molar-refractivity contribution in [2.75, 3.05) is 0 Å². The van der Waals surface area contributed by atoms with Gasteiger partial charge >= 0.3 is 0 Å². The van der Waals surface area contributed by atoms with Gasteiger partial charge in [0.25, 0.3) is 0 Å². The summed E-state index contributed by atoms with van der Waals surface area (Å²) in [6.45, 7) is 7.29. The van der Waals surface area contributed by atoms with Gasteiger partial charge in [-0.05, 0) is 37.0 Å². The monoisotopic (exact) mass is 270 g/mol. The predicted octanol–water partition coefficient (Wildman–Crippen LogP) is 4.40. The summed E-state index contributed by atoms with van der Waals surface area (Å²) in [5.74, 6) is 0.699. The van der Waals surface area contributed by atoms with Crippen molar-refractivity contribution in [1.29, 1.82) is 0 Å². The molecule has 15 heavy (non-hydrogen) atoms. The molecule has 1 aromatic carbocycles. The van der Waals surface area contributed by atoms with Crippen LogP contribution in [-0.4, -0.2) is 6.10 Å². The molecule has 0 aliphatic heterocycles. The van der Waals surface area contributed by atoms with Crippen LogP contribution in [0.25, 0.3) is 0 Å². The third kappa shape index (κ3) is 5.33. The van der Waals surface area contributed by atoms with Gasteiger partial charge in [0.1, 0.15) is 0 Å². The van der Waals surface area contributed by atoms with Crippen molar-refractivity contribution in [3.8, 4) is 0 Å². The van der Waals surface area contributed by atoms with Crippen molar-refractivity contribution in [2.45, 2.75) is 39.9 Å². The quantitative estimate of drug-likeness (QED) is 0.771. The van der Waals surface area contributed by atoms with Crippen molar-refractivity contribution in [2.24, 2.45) is 5.92 Å². The minimum atomic E-state index is 0.341. The average Bonchev–Trinajstić information content (AvgIpc) is 2.16. The van der Waals surface area contributed by atoms with Crippen molar-refractivity contribution < 1.29 is 4.74 Å². The maximum absolute atomic E-state index is 5.76. The van der Waals surface area contributed by atoms with E-state index in [1.807, 2.05) is 12.1 Å². The molecule has 0 N–H and O–H groups in total. The standard InChI is InChI=1S/C13H19BrO/c1-10(2)8-11(3)15-9-12-4-6-13(14)7-5-12/h4-7,10-11H,8-9H2,1-3H3. The fourth-order valence-corrected chi connectivity index (χ4v) is 1.82. The van der Waals surface area contributed by atoms with Crippen molar-refractivity contribution in [3.63, 3.8) is 0 Å². The SMILES string of the molecule is CC(C)CC(C)OCc1ccc(Br)cc1. The highest BCUT2D eigenvalue weighted by molar-refractivity contribution is 9.10. The van der Waals surface area contributed by atoms with Crippen LogP contribution in [0.3, 0.4) is 0 Å². The van der Waals surface area contributed by atoms with Crippen molar-refractivity contribution in [1.82, 2.24) is 0 Å². The first-order valence-electron chi connectivity index (χ1n) is 5.44. The summed E-state index contributed by atoms with van der Waals surface area (Å²) < 4.78 is 6.88. The second kappa shape index (κ2) is 6.29. The summed E-state index contributed by atoms with van der Waals surface area (Å²) in [6.07, 6.45) is 1.46. The molecule has 1 aromatic rings. The Kier molecular flexibility index (Phi) is 5.34. The molecule has 1 atom stereocenters. The first-order valence-corrected chi connectivity index (χ1v) is 6.23. The Hall–Kier alpha value is -0.340. The highest BCUT2D eigenvalue weighted by Gasteiger charge is 2.05. The Labute approximate surface area is 101 Å². The topological polar surface area (TPSA) is 9.23 Å². The van der Waals surface area contributed by atoms with Gasteiger partial charge in [-0.1, -0.05) is 41.9 Å². The van der Waals surface area contributed by atoms with Gasteiger partial charge in [-0.3, -0.25) is 0 Å². The zero-order chi connectivity index (χ0) is 11.3. The van der Waals surface area contributed by atoms with Gasteiger partial charge in [0, 0.05) is 4.47 Å². The summed E-state index contributed by atoms with van der Waals surface area (Å²) in [5.41, 5.74) is 1.23. The Balaban J connectivity index is 2.33. The fraction of sp³-hybridized carbons (Fsp3) is 0.538. The fourth-order valence-electron chi connectivity index (χ4n) is 1.55. The Bertz CT molecular complexity index is 279. The van der Waals surface area contributed by atoms with E-state index in [-0.39, 0.29) is 0 Å². The molecule has 84 valence electrons. The second-order valence-corrected chi connectivity index (χ2v) is 5.29. The van der Waals surface area contributed by atoms with Crippen LogP contribution in [0, 0.1) is 5.92 Å². The summed E-state index contributed by atoms with van der Waals surface area (Å²) in [4.78, 5) is 0. The van der Waals surface area contributed by atoms with E-state index in [1.54, 1.807) is 0 Å². The molecule has 0 fully saturated rings. The maximum Gasteiger partial charge on any atom is 0.0720 e. The van der Waals surface area contributed by atoms with Gasteiger partial charge in [0.05, 0.1) is 12.7 Å². The van der Waals surface area contributed by atoms with E-state index >= 15 is 0 Å². The molecule has 1 rings (SSSR count). The van der Waals surface area contributed by atoms with E-state index < -0.39 is 0 Å². The van der Waals surface area contributed by atoms with Gasteiger partial charge in [-0.15, -0.1) is 0 Å². The highest BCUT2D eigenvalue weighted by atomic mass is 79.9. The van der Waals surface area contributed by atoms with E-state index in [9.17, 15) is 0 Å². The van der Waals surface area contributed by atoms with Gasteiger partial charge in [-0.25, -0.2) is 0 Å². The zero-order valence-corrected chi connectivity index (χ0v) is 11.3. The third-order valence-corrected chi connectivity index (χ3v) is 2.78. The van der Waals surface area contributed by atoms with Gasteiger partial charge in [-0.2, -0.15) is 0 Å². The molecule has 2 heteroatoms. The van der Waals surface area contributed by atoms with Crippen LogP contribution in [0.5, 0.6) is 0 Å². The molecule has 0 radical (unpaired) electrons. The minimum absolute atomic E-state index is 0.341. The third-order valence-electron chi connectivity index (χ3n) is 2.25. The molecule has 0 saturated carbocycles. The molecular weight excluding hydrogens is 252 g/mol. The van der Waals surface area contributed by atoms with Gasteiger partial charge < -0.3 is 4.74 Å². The number of hydrogen-bond donors (Lipinski definition) is 0. The maximum atomic E-state index is 5.76. The lowest BCUT2D eigenvalue weighted by Gasteiger charge is -2.15. The molecule has 0 aliphatic rings. The summed E-state index contributed by atoms with van der Waals surface area (Å²) in [5, 5.41) is 0. The zero-order valence-electron chi connectivity index (χ0n) is 9.66. The summed E-state index contributed by atoms with van der Waals surface area (Å²) >= 11 is 3.42. The molecule has 1 nitrogen and oxygen atoms in total. The lowest BCUT2D eigenvalue weighted by Crippen LogP contribution is -2.10. The number of rotatable bonds is 5. The van der Waals surface area contributed by atoms with Crippen molar-refractivity contribution >= 4 is 15.9 Å². The van der Waals surface area contributed by atoms with Gasteiger partial charge in [0.2, 0.25) is 0 Å². The molecule has 0 bridgehead atoms. The molecule has 0 spiro atoms. The number of halogens is 1. The lowest BCUT2D eigenvalue weighted by atomic mass is 10.1. The number of hydrogen-bond acceptors (Lipinski definition) is 1. The van der Waals surface area contributed by atoms with Crippen LogP contribution >= 0.6 is 15.9 Å². The Morgan fingerprint density at radius 2 is 1.73 bits per heavy atom. The first kappa shape index (κ1) is 12.7. The van der Waals surface area contributed by atoms with E-state index in [0.29, 0.717) is 18.6 Å². The smallest absolute Gasteiger partial charge is 0.0720 e. The predicted molar refractivity (Wildman–Crippen MR) is 67.8 cm³/mol. The number of benzene rings is 1. The van der Waals surface area contributed by atoms with Crippen LogP contribution in [-0.2, 0) is 11.3 Å². The van der Waals surface area contributed by atoms with Gasteiger partial charge in [0.15, 0.2) is 0 Å². The Morgan fingerprint density at radius 3 is 2.27 bits per heavy atom. The molecule has 0 aliphatic carbocycles. The van der Waals surface area contributed by atoms with E-state index in [2.05, 4.69) is 48.8 Å². The van der Waals surface area contributed by atoms with Crippen LogP contribution in [0.4, 0.5) is 0 Å².